The molecular formula is C19H15N3O4S. The number of aromatic nitrogens is 2. The number of Topliss-reactive ketones (excluding diaryl/α,β-unsaturated/α-hetero) is 1. The van der Waals surface area contributed by atoms with Gasteiger partial charge in [0, 0.05) is 12.6 Å². The number of ketones is 1. The molecule has 1 aromatic heterocycles. The first-order chi connectivity index (χ1) is 13.0. The van der Waals surface area contributed by atoms with Gasteiger partial charge < -0.3 is 10.1 Å². The zero-order valence-electron chi connectivity index (χ0n) is 14.4. The van der Waals surface area contributed by atoms with Crippen LogP contribution in [0, 0.1) is 0 Å². The third-order valence-corrected chi connectivity index (χ3v) is 5.24. The van der Waals surface area contributed by atoms with Crippen molar-refractivity contribution in [1.29, 1.82) is 0 Å². The van der Waals surface area contributed by atoms with Gasteiger partial charge in [0.2, 0.25) is 0 Å². The van der Waals surface area contributed by atoms with Crippen LogP contribution < -0.4 is 15.6 Å². The molecule has 27 heavy (non-hydrogen) atoms. The van der Waals surface area contributed by atoms with Gasteiger partial charge in [0.05, 0.1) is 22.3 Å². The molecule has 0 saturated carbocycles. The highest BCUT2D eigenvalue weighted by molar-refractivity contribution is 7.99. The second-order valence-electron chi connectivity index (χ2n) is 6.04. The van der Waals surface area contributed by atoms with Crippen molar-refractivity contribution in [2.45, 2.75) is 5.16 Å². The number of benzene rings is 2. The van der Waals surface area contributed by atoms with Gasteiger partial charge in [-0.05, 0) is 30.3 Å². The molecule has 0 unspecified atom stereocenters. The fourth-order valence-electron chi connectivity index (χ4n) is 2.80. The summed E-state index contributed by atoms with van der Waals surface area (Å²) >= 11 is 1.20. The maximum absolute atomic E-state index is 12.6. The highest BCUT2D eigenvalue weighted by Crippen LogP contribution is 2.29. The number of para-hydroxylation sites is 1. The highest BCUT2D eigenvalue weighted by atomic mass is 32.2. The molecule has 0 radical (unpaired) electrons. The lowest BCUT2D eigenvalue weighted by molar-refractivity contribution is -0.118. The Morgan fingerprint density at radius 2 is 2.07 bits per heavy atom. The average molecular weight is 381 g/mol. The quantitative estimate of drug-likeness (QED) is 0.423. The average Bonchev–Trinajstić information content (AvgIpc) is 2.68. The molecule has 0 spiro atoms. The molecule has 2 heterocycles. The van der Waals surface area contributed by atoms with Crippen molar-refractivity contribution in [3.8, 4) is 5.75 Å². The Morgan fingerprint density at radius 1 is 1.26 bits per heavy atom. The zero-order valence-corrected chi connectivity index (χ0v) is 15.2. The third-order valence-electron chi connectivity index (χ3n) is 4.21. The summed E-state index contributed by atoms with van der Waals surface area (Å²) in [5.41, 5.74) is 1.39. The molecule has 1 aliphatic rings. The molecule has 0 atom stereocenters. The van der Waals surface area contributed by atoms with Crippen LogP contribution in [0.5, 0.6) is 5.75 Å². The largest absolute Gasteiger partial charge is 0.482 e. The number of nitrogens with zero attached hydrogens (tertiary/aromatic N) is 2. The molecule has 3 aromatic rings. The van der Waals surface area contributed by atoms with Crippen molar-refractivity contribution in [2.24, 2.45) is 7.05 Å². The van der Waals surface area contributed by atoms with E-state index in [4.69, 9.17) is 4.74 Å². The van der Waals surface area contributed by atoms with Crippen LogP contribution in [-0.2, 0) is 11.8 Å². The van der Waals surface area contributed by atoms with E-state index >= 15 is 0 Å². The van der Waals surface area contributed by atoms with Crippen LogP contribution in [0.2, 0.25) is 0 Å². The SMILES string of the molecule is Cn1c(SCC(=O)c2ccc3c(c2)NC(=O)CO3)nc2ccccc2c1=O. The number of anilines is 1. The molecule has 2 aromatic carbocycles. The number of nitrogens with one attached hydrogen (secondary N) is 1. The normalized spacial score (nSPS) is 13.0. The first-order valence-electron chi connectivity index (χ1n) is 8.21. The summed E-state index contributed by atoms with van der Waals surface area (Å²) < 4.78 is 6.74. The Bertz CT molecular complexity index is 1140. The van der Waals surface area contributed by atoms with Gasteiger partial charge >= 0.3 is 0 Å². The molecule has 1 aliphatic heterocycles. The van der Waals surface area contributed by atoms with Crippen molar-refractivity contribution >= 4 is 40.0 Å². The highest BCUT2D eigenvalue weighted by Gasteiger charge is 2.18. The van der Waals surface area contributed by atoms with Crippen LogP contribution >= 0.6 is 11.8 Å². The first-order valence-corrected chi connectivity index (χ1v) is 9.20. The van der Waals surface area contributed by atoms with E-state index < -0.39 is 0 Å². The minimum Gasteiger partial charge on any atom is -0.482 e. The van der Waals surface area contributed by atoms with Gasteiger partial charge in [0.25, 0.3) is 11.5 Å². The Kier molecular flexibility index (Phi) is 4.41. The number of hydrogen-bond acceptors (Lipinski definition) is 6. The van der Waals surface area contributed by atoms with E-state index in [1.807, 2.05) is 6.07 Å². The van der Waals surface area contributed by atoms with Gasteiger partial charge in [0.15, 0.2) is 17.5 Å². The topological polar surface area (TPSA) is 90.3 Å². The Labute approximate surface area is 158 Å². The molecular weight excluding hydrogens is 366 g/mol. The molecule has 136 valence electrons. The fourth-order valence-corrected chi connectivity index (χ4v) is 3.66. The van der Waals surface area contributed by atoms with Crippen molar-refractivity contribution < 1.29 is 14.3 Å². The van der Waals surface area contributed by atoms with Crippen molar-refractivity contribution in [1.82, 2.24) is 9.55 Å². The van der Waals surface area contributed by atoms with Gasteiger partial charge in [-0.1, -0.05) is 23.9 Å². The maximum atomic E-state index is 12.6. The molecule has 8 heteroatoms. The third kappa shape index (κ3) is 3.31. The summed E-state index contributed by atoms with van der Waals surface area (Å²) in [7, 11) is 1.64. The smallest absolute Gasteiger partial charge is 0.262 e. The van der Waals surface area contributed by atoms with Crippen molar-refractivity contribution in [3.63, 3.8) is 0 Å². The van der Waals surface area contributed by atoms with Gasteiger partial charge in [-0.25, -0.2) is 4.98 Å². The molecule has 1 amide bonds. The van der Waals surface area contributed by atoms with Crippen LogP contribution in [0.25, 0.3) is 10.9 Å². The molecule has 7 nitrogen and oxygen atoms in total. The number of amides is 1. The standard InChI is InChI=1S/C19H15N3O4S/c1-22-18(25)12-4-2-3-5-13(12)21-19(22)27-10-15(23)11-6-7-16-14(8-11)20-17(24)9-26-16/h2-8H,9-10H2,1H3,(H,20,24). The summed E-state index contributed by atoms with van der Waals surface area (Å²) in [5, 5.41) is 3.70. The van der Waals surface area contributed by atoms with E-state index in [2.05, 4.69) is 10.3 Å². The number of carbonyl (C=O) groups is 2. The number of fused-ring (bicyclic) bond motifs is 2. The van der Waals surface area contributed by atoms with Crippen LogP contribution in [0.3, 0.4) is 0 Å². The van der Waals surface area contributed by atoms with E-state index in [1.54, 1.807) is 43.4 Å². The summed E-state index contributed by atoms with van der Waals surface area (Å²) in [6, 6.07) is 12.0. The van der Waals surface area contributed by atoms with Gasteiger partial charge in [-0.2, -0.15) is 0 Å². The van der Waals surface area contributed by atoms with Crippen LogP contribution in [0.15, 0.2) is 52.4 Å². The van der Waals surface area contributed by atoms with Crippen LogP contribution in [0.1, 0.15) is 10.4 Å². The van der Waals surface area contributed by atoms with Crippen LogP contribution in [0.4, 0.5) is 5.69 Å². The van der Waals surface area contributed by atoms with Crippen molar-refractivity contribution in [2.75, 3.05) is 17.7 Å². The first kappa shape index (κ1) is 17.3. The van der Waals surface area contributed by atoms with E-state index in [0.717, 1.165) is 0 Å². The molecule has 4 rings (SSSR count). The number of ether oxygens (including phenoxy) is 1. The summed E-state index contributed by atoms with van der Waals surface area (Å²) in [6.45, 7) is -0.0300. The zero-order chi connectivity index (χ0) is 19.0. The Morgan fingerprint density at radius 3 is 2.93 bits per heavy atom. The number of thioether (sulfide) groups is 1. The lowest BCUT2D eigenvalue weighted by Crippen LogP contribution is -2.25. The van der Waals surface area contributed by atoms with E-state index in [9.17, 15) is 14.4 Å². The summed E-state index contributed by atoms with van der Waals surface area (Å²) in [4.78, 5) is 40.9. The molecule has 0 aliphatic carbocycles. The lowest BCUT2D eigenvalue weighted by atomic mass is 10.1. The second kappa shape index (κ2) is 6.88. The summed E-state index contributed by atoms with van der Waals surface area (Å²) in [5.74, 6) is 0.269. The molecule has 1 N–H and O–H groups in total. The predicted molar refractivity (Wildman–Crippen MR) is 103 cm³/mol. The van der Waals surface area contributed by atoms with Gasteiger partial charge in [0.1, 0.15) is 5.75 Å². The number of hydrogen-bond donors (Lipinski definition) is 1. The van der Waals surface area contributed by atoms with E-state index in [0.29, 0.717) is 33.1 Å². The van der Waals surface area contributed by atoms with Crippen LogP contribution in [-0.4, -0.2) is 33.6 Å². The second-order valence-corrected chi connectivity index (χ2v) is 6.98. The predicted octanol–water partition coefficient (Wildman–Crippen LogP) is 2.24. The maximum Gasteiger partial charge on any atom is 0.262 e. The number of carbonyl (C=O) groups excluding carboxylic acids is 2. The molecule has 0 saturated heterocycles. The molecule has 0 fully saturated rings. The molecule has 0 bridgehead atoms. The van der Waals surface area contributed by atoms with E-state index in [1.165, 1.54) is 16.3 Å². The number of rotatable bonds is 4. The van der Waals surface area contributed by atoms with Gasteiger partial charge in [-0.3, -0.25) is 19.0 Å². The summed E-state index contributed by atoms with van der Waals surface area (Å²) in [6.07, 6.45) is 0. The fraction of sp³-hybridized carbons (Fsp3) is 0.158. The van der Waals surface area contributed by atoms with E-state index in [-0.39, 0.29) is 29.6 Å². The minimum atomic E-state index is -0.253. The monoisotopic (exact) mass is 381 g/mol. The Hall–Kier alpha value is -3.13. The minimum absolute atomic E-state index is 0.0300. The Balaban J connectivity index is 1.56. The van der Waals surface area contributed by atoms with Gasteiger partial charge in [-0.15, -0.1) is 0 Å². The van der Waals surface area contributed by atoms with Crippen molar-refractivity contribution in [3.05, 3.63) is 58.4 Å². The lowest BCUT2D eigenvalue weighted by Gasteiger charge is -2.18.